The van der Waals surface area contributed by atoms with Gasteiger partial charge in [-0.15, -0.1) is 0 Å². The first-order valence-electron chi connectivity index (χ1n) is 12.5. The summed E-state index contributed by atoms with van der Waals surface area (Å²) in [4.78, 5) is 5.19. The standard InChI is InChI=1S/C33H27N2OP/c36-37(26-16-6-2-7-17-26,27-18-8-3-9-19-27)35-32(25-14-4-1-5-15-25)24-34-33-30-22-12-10-20-28(30)29-21-11-13-23-31(29)33/h1-23,32H,24H2,(H,35,36). The molecule has 0 radical (unpaired) electrons. The largest absolute Gasteiger partial charge is 0.297 e. The zero-order chi connectivity index (χ0) is 25.1. The summed E-state index contributed by atoms with van der Waals surface area (Å²) in [5, 5.41) is 5.17. The van der Waals surface area contributed by atoms with Crippen molar-refractivity contribution >= 4 is 23.6 Å². The van der Waals surface area contributed by atoms with Crippen molar-refractivity contribution in [2.24, 2.45) is 4.99 Å². The monoisotopic (exact) mass is 498 g/mol. The molecule has 0 bridgehead atoms. The molecule has 3 nitrogen and oxygen atoms in total. The van der Waals surface area contributed by atoms with Gasteiger partial charge in [0.25, 0.3) is 0 Å². The van der Waals surface area contributed by atoms with Crippen LogP contribution >= 0.6 is 7.29 Å². The zero-order valence-corrected chi connectivity index (χ0v) is 21.3. The molecule has 6 rings (SSSR count). The van der Waals surface area contributed by atoms with Gasteiger partial charge in [-0.3, -0.25) is 14.6 Å². The third kappa shape index (κ3) is 4.49. The third-order valence-electron chi connectivity index (χ3n) is 6.87. The van der Waals surface area contributed by atoms with E-state index >= 15 is 0 Å². The molecule has 1 aliphatic carbocycles. The van der Waals surface area contributed by atoms with Gasteiger partial charge >= 0.3 is 0 Å². The number of benzene rings is 5. The van der Waals surface area contributed by atoms with Gasteiger partial charge in [-0.2, -0.15) is 0 Å². The van der Waals surface area contributed by atoms with Crippen molar-refractivity contribution in [2.45, 2.75) is 6.04 Å². The molecule has 0 spiro atoms. The average Bonchev–Trinajstić information content (AvgIpc) is 3.30. The second-order valence-corrected chi connectivity index (χ2v) is 11.7. The summed E-state index contributed by atoms with van der Waals surface area (Å²) in [6.07, 6.45) is 0. The Kier molecular flexibility index (Phi) is 6.40. The normalized spacial score (nSPS) is 13.0. The molecule has 0 saturated carbocycles. The Balaban J connectivity index is 1.43. The van der Waals surface area contributed by atoms with Crippen LogP contribution < -0.4 is 15.7 Å². The quantitative estimate of drug-likeness (QED) is 0.247. The third-order valence-corrected chi connectivity index (χ3v) is 9.59. The lowest BCUT2D eigenvalue weighted by molar-refractivity contribution is 0.562. The number of nitrogens with one attached hydrogen (secondary N) is 1. The molecule has 5 aromatic rings. The Labute approximate surface area is 218 Å². The molecule has 1 N–H and O–H groups in total. The Morgan fingerprint density at radius 3 is 1.43 bits per heavy atom. The van der Waals surface area contributed by atoms with Crippen LogP contribution in [0.5, 0.6) is 0 Å². The first-order chi connectivity index (χ1) is 18.2. The molecule has 5 aromatic carbocycles. The Morgan fingerprint density at radius 1 is 0.541 bits per heavy atom. The van der Waals surface area contributed by atoms with Crippen molar-refractivity contribution in [2.75, 3.05) is 6.54 Å². The number of nitrogens with zero attached hydrogens (tertiary/aromatic N) is 1. The number of aliphatic imine (C=N–C) groups is 1. The number of rotatable bonds is 7. The van der Waals surface area contributed by atoms with Crippen molar-refractivity contribution in [3.05, 3.63) is 156 Å². The van der Waals surface area contributed by atoms with E-state index in [9.17, 15) is 4.57 Å². The lowest BCUT2D eigenvalue weighted by atomic mass is 10.1. The highest BCUT2D eigenvalue weighted by molar-refractivity contribution is 7.76. The predicted molar refractivity (Wildman–Crippen MR) is 154 cm³/mol. The van der Waals surface area contributed by atoms with Gasteiger partial charge in [0, 0.05) is 21.7 Å². The molecule has 0 aliphatic heterocycles. The molecular weight excluding hydrogens is 471 g/mol. The summed E-state index contributed by atoms with van der Waals surface area (Å²) in [7, 11) is -3.16. The lowest BCUT2D eigenvalue weighted by Gasteiger charge is -2.27. The molecule has 0 heterocycles. The van der Waals surface area contributed by atoms with Crippen molar-refractivity contribution in [3.8, 4) is 11.1 Å². The lowest BCUT2D eigenvalue weighted by Crippen LogP contribution is -2.32. The molecule has 1 unspecified atom stereocenters. The summed E-state index contributed by atoms with van der Waals surface area (Å²) >= 11 is 0. The van der Waals surface area contributed by atoms with Crippen molar-refractivity contribution in [1.29, 1.82) is 0 Å². The van der Waals surface area contributed by atoms with E-state index < -0.39 is 7.29 Å². The Hall–Kier alpha value is -4.04. The molecule has 1 aliphatic rings. The minimum Gasteiger partial charge on any atom is -0.297 e. The summed E-state index contributed by atoms with van der Waals surface area (Å²) in [5.74, 6) is 0. The maximum absolute atomic E-state index is 14.8. The predicted octanol–water partition coefficient (Wildman–Crippen LogP) is 6.76. The van der Waals surface area contributed by atoms with E-state index in [4.69, 9.17) is 4.99 Å². The highest BCUT2D eigenvalue weighted by atomic mass is 31.2. The van der Waals surface area contributed by atoms with E-state index in [-0.39, 0.29) is 6.04 Å². The topological polar surface area (TPSA) is 41.5 Å². The molecule has 4 heteroatoms. The van der Waals surface area contributed by atoms with Crippen LogP contribution in [0.25, 0.3) is 11.1 Å². The average molecular weight is 499 g/mol. The fourth-order valence-electron chi connectivity index (χ4n) is 5.05. The van der Waals surface area contributed by atoms with Crippen LogP contribution in [0.4, 0.5) is 0 Å². The van der Waals surface area contributed by atoms with E-state index in [1.807, 2.05) is 78.9 Å². The Bertz CT molecular complexity index is 1510. The van der Waals surface area contributed by atoms with Crippen LogP contribution in [-0.2, 0) is 4.57 Å². The highest BCUT2D eigenvalue weighted by Gasteiger charge is 2.31. The maximum atomic E-state index is 14.8. The maximum Gasteiger partial charge on any atom is 0.205 e. The van der Waals surface area contributed by atoms with Crippen LogP contribution in [0.15, 0.2) is 145 Å². The molecule has 0 amide bonds. The minimum absolute atomic E-state index is 0.250. The molecule has 0 aromatic heterocycles. The van der Waals surface area contributed by atoms with E-state index in [1.165, 1.54) is 11.1 Å². The SMILES string of the molecule is O=P(NC(CN=C1c2ccccc2-c2ccccc21)c1ccccc1)(c1ccccc1)c1ccccc1. The molecule has 1 atom stereocenters. The molecule has 180 valence electrons. The zero-order valence-electron chi connectivity index (χ0n) is 20.4. The summed E-state index contributed by atoms with van der Waals surface area (Å²) in [6, 6.07) is 46.2. The van der Waals surface area contributed by atoms with E-state index in [0.29, 0.717) is 6.54 Å². The molecule has 0 saturated heterocycles. The van der Waals surface area contributed by atoms with Crippen molar-refractivity contribution < 1.29 is 4.57 Å². The minimum atomic E-state index is -3.16. The fourth-order valence-corrected chi connectivity index (χ4v) is 7.50. The van der Waals surface area contributed by atoms with Gasteiger partial charge in [0.1, 0.15) is 0 Å². The van der Waals surface area contributed by atoms with Crippen LogP contribution in [0.2, 0.25) is 0 Å². The molecule has 37 heavy (non-hydrogen) atoms. The first kappa shape index (κ1) is 23.4. The van der Waals surface area contributed by atoms with Gasteiger partial charge in [0.2, 0.25) is 7.29 Å². The van der Waals surface area contributed by atoms with Gasteiger partial charge < -0.3 is 0 Å². The number of fused-ring (bicyclic) bond motifs is 3. The van der Waals surface area contributed by atoms with Gasteiger partial charge in [0.05, 0.1) is 18.3 Å². The summed E-state index contributed by atoms with van der Waals surface area (Å²) in [5.41, 5.74) is 6.75. The van der Waals surface area contributed by atoms with Gasteiger partial charge in [-0.1, -0.05) is 115 Å². The van der Waals surface area contributed by atoms with Crippen LogP contribution in [-0.4, -0.2) is 12.3 Å². The van der Waals surface area contributed by atoms with Gasteiger partial charge in [-0.25, -0.2) is 0 Å². The first-order valence-corrected chi connectivity index (χ1v) is 14.2. The summed E-state index contributed by atoms with van der Waals surface area (Å²) < 4.78 is 14.8. The number of hydrogen-bond donors (Lipinski definition) is 1. The Morgan fingerprint density at radius 2 is 0.946 bits per heavy atom. The smallest absolute Gasteiger partial charge is 0.205 e. The fraction of sp³-hybridized carbons (Fsp3) is 0.0606. The highest BCUT2D eigenvalue weighted by Crippen LogP contribution is 2.42. The van der Waals surface area contributed by atoms with Crippen LogP contribution in [0, 0.1) is 0 Å². The van der Waals surface area contributed by atoms with Crippen LogP contribution in [0.1, 0.15) is 22.7 Å². The molecular formula is C33H27N2OP. The second-order valence-electron chi connectivity index (χ2n) is 9.15. The van der Waals surface area contributed by atoms with E-state index in [1.54, 1.807) is 0 Å². The second kappa shape index (κ2) is 10.1. The van der Waals surface area contributed by atoms with Gasteiger partial charge in [-0.05, 0) is 41.0 Å². The van der Waals surface area contributed by atoms with Crippen LogP contribution in [0.3, 0.4) is 0 Å². The summed E-state index contributed by atoms with van der Waals surface area (Å²) in [6.45, 7) is 0.450. The van der Waals surface area contributed by atoms with Crippen molar-refractivity contribution in [3.63, 3.8) is 0 Å². The van der Waals surface area contributed by atoms with E-state index in [0.717, 1.165) is 33.0 Å². The van der Waals surface area contributed by atoms with Gasteiger partial charge in [0.15, 0.2) is 0 Å². The molecule has 0 fully saturated rings. The van der Waals surface area contributed by atoms with Crippen molar-refractivity contribution in [1.82, 2.24) is 5.09 Å². The van der Waals surface area contributed by atoms with E-state index in [2.05, 4.69) is 65.8 Å². The number of hydrogen-bond acceptors (Lipinski definition) is 2.